The van der Waals surface area contributed by atoms with E-state index in [1.54, 1.807) is 0 Å². The summed E-state index contributed by atoms with van der Waals surface area (Å²) in [5.41, 5.74) is 2.76. The van der Waals surface area contributed by atoms with Crippen LogP contribution in [0.2, 0.25) is 0 Å². The molecule has 2 rings (SSSR count). The highest BCUT2D eigenvalue weighted by atomic mass is 16.3. The van der Waals surface area contributed by atoms with Crippen molar-refractivity contribution >= 4 is 5.69 Å². The van der Waals surface area contributed by atoms with E-state index in [1.165, 1.54) is 11.3 Å². The molecule has 0 spiro atoms. The van der Waals surface area contributed by atoms with Crippen molar-refractivity contribution in [3.05, 3.63) is 29.3 Å². The van der Waals surface area contributed by atoms with Gasteiger partial charge in [0.2, 0.25) is 0 Å². The first-order valence-corrected chi connectivity index (χ1v) is 5.09. The molecule has 1 aromatic rings. The molecule has 0 aliphatic carbocycles. The van der Waals surface area contributed by atoms with Crippen molar-refractivity contribution in [2.45, 2.75) is 32.3 Å². The van der Waals surface area contributed by atoms with Crippen LogP contribution in [0.5, 0.6) is 0 Å². The molecule has 0 amide bonds. The van der Waals surface area contributed by atoms with Gasteiger partial charge in [0, 0.05) is 18.2 Å². The van der Waals surface area contributed by atoms with E-state index < -0.39 is 5.60 Å². The zero-order valence-electron chi connectivity index (χ0n) is 8.96. The molecule has 2 nitrogen and oxygen atoms in total. The zero-order valence-corrected chi connectivity index (χ0v) is 8.96. The Morgan fingerprint density at radius 3 is 2.79 bits per heavy atom. The third kappa shape index (κ3) is 1.50. The van der Waals surface area contributed by atoms with Gasteiger partial charge >= 0.3 is 0 Å². The maximum atomic E-state index is 9.86. The maximum absolute atomic E-state index is 9.86. The van der Waals surface area contributed by atoms with Crippen molar-refractivity contribution in [3.63, 3.8) is 0 Å². The van der Waals surface area contributed by atoms with Crippen LogP contribution in [0.15, 0.2) is 18.2 Å². The van der Waals surface area contributed by atoms with Crippen LogP contribution in [-0.4, -0.2) is 11.7 Å². The van der Waals surface area contributed by atoms with E-state index in [0.717, 1.165) is 12.1 Å². The second-order valence-corrected chi connectivity index (χ2v) is 4.64. The molecule has 0 aromatic heterocycles. The molecule has 0 bridgehead atoms. The molecule has 1 atom stereocenters. The number of nitrogens with one attached hydrogen (secondary N) is 1. The topological polar surface area (TPSA) is 32.3 Å². The lowest BCUT2D eigenvalue weighted by atomic mass is 9.94. The Kier molecular flexibility index (Phi) is 2.04. The van der Waals surface area contributed by atoms with Crippen LogP contribution < -0.4 is 5.32 Å². The van der Waals surface area contributed by atoms with Gasteiger partial charge in [-0.2, -0.15) is 0 Å². The number of benzene rings is 1. The lowest BCUT2D eigenvalue weighted by Crippen LogP contribution is -2.15. The van der Waals surface area contributed by atoms with Crippen molar-refractivity contribution in [3.8, 4) is 0 Å². The fourth-order valence-electron chi connectivity index (χ4n) is 1.89. The monoisotopic (exact) mass is 191 g/mol. The number of hydrogen-bond donors (Lipinski definition) is 2. The van der Waals surface area contributed by atoms with Gasteiger partial charge in [-0.1, -0.05) is 19.1 Å². The molecule has 1 aromatic carbocycles. The minimum absolute atomic E-state index is 0.584. The molecule has 76 valence electrons. The Morgan fingerprint density at radius 1 is 1.43 bits per heavy atom. The lowest BCUT2D eigenvalue weighted by molar-refractivity contribution is 0.0786. The summed E-state index contributed by atoms with van der Waals surface area (Å²) < 4.78 is 0. The van der Waals surface area contributed by atoms with Crippen LogP contribution in [0.25, 0.3) is 0 Å². The second-order valence-electron chi connectivity index (χ2n) is 4.64. The minimum Gasteiger partial charge on any atom is -0.386 e. The summed E-state index contributed by atoms with van der Waals surface area (Å²) in [6.07, 6.45) is 0. The number of hydrogen-bond acceptors (Lipinski definition) is 2. The van der Waals surface area contributed by atoms with E-state index in [-0.39, 0.29) is 0 Å². The first-order valence-electron chi connectivity index (χ1n) is 5.09. The second kappa shape index (κ2) is 2.99. The van der Waals surface area contributed by atoms with E-state index >= 15 is 0 Å². The SMILES string of the molecule is CC1CNc2cc(C(C)(C)O)ccc21. The highest BCUT2D eigenvalue weighted by molar-refractivity contribution is 5.59. The van der Waals surface area contributed by atoms with Crippen LogP contribution in [0, 0.1) is 0 Å². The number of anilines is 1. The first-order chi connectivity index (χ1) is 6.48. The van der Waals surface area contributed by atoms with E-state index in [1.807, 2.05) is 19.9 Å². The Morgan fingerprint density at radius 2 is 2.14 bits per heavy atom. The van der Waals surface area contributed by atoms with Crippen molar-refractivity contribution in [2.75, 3.05) is 11.9 Å². The molecule has 0 saturated carbocycles. The average Bonchev–Trinajstić information content (AvgIpc) is 2.46. The predicted molar refractivity (Wildman–Crippen MR) is 58.6 cm³/mol. The van der Waals surface area contributed by atoms with Gasteiger partial charge in [-0.15, -0.1) is 0 Å². The maximum Gasteiger partial charge on any atom is 0.0841 e. The van der Waals surface area contributed by atoms with E-state index in [0.29, 0.717) is 5.92 Å². The van der Waals surface area contributed by atoms with Crippen molar-refractivity contribution in [1.29, 1.82) is 0 Å². The molecular weight excluding hydrogens is 174 g/mol. The largest absolute Gasteiger partial charge is 0.386 e. The van der Waals surface area contributed by atoms with Crippen molar-refractivity contribution < 1.29 is 5.11 Å². The number of aliphatic hydroxyl groups is 1. The summed E-state index contributed by atoms with van der Waals surface area (Å²) >= 11 is 0. The normalized spacial score (nSPS) is 20.4. The molecule has 0 fully saturated rings. The first kappa shape index (κ1) is 9.53. The number of rotatable bonds is 1. The van der Waals surface area contributed by atoms with Gasteiger partial charge in [0.15, 0.2) is 0 Å². The smallest absolute Gasteiger partial charge is 0.0841 e. The Balaban J connectivity index is 2.42. The van der Waals surface area contributed by atoms with E-state index in [9.17, 15) is 5.11 Å². The highest BCUT2D eigenvalue weighted by Gasteiger charge is 2.22. The molecule has 1 aliphatic rings. The lowest BCUT2D eigenvalue weighted by Gasteiger charge is -2.18. The standard InChI is InChI=1S/C12H17NO/c1-8-7-13-11-6-9(12(2,3)14)4-5-10(8)11/h4-6,8,13-14H,7H2,1-3H3. The third-order valence-corrected chi connectivity index (χ3v) is 2.89. The van der Waals surface area contributed by atoms with Crippen LogP contribution in [0.1, 0.15) is 37.8 Å². The third-order valence-electron chi connectivity index (χ3n) is 2.89. The van der Waals surface area contributed by atoms with Crippen LogP contribution >= 0.6 is 0 Å². The summed E-state index contributed by atoms with van der Waals surface area (Å²) in [7, 11) is 0. The molecule has 2 N–H and O–H groups in total. The van der Waals surface area contributed by atoms with E-state index in [2.05, 4.69) is 24.4 Å². The van der Waals surface area contributed by atoms with Gasteiger partial charge in [-0.3, -0.25) is 0 Å². The van der Waals surface area contributed by atoms with Crippen LogP contribution in [0.4, 0.5) is 5.69 Å². The van der Waals surface area contributed by atoms with Crippen molar-refractivity contribution in [1.82, 2.24) is 0 Å². The van der Waals surface area contributed by atoms with E-state index in [4.69, 9.17) is 0 Å². The molecular formula is C12H17NO. The van der Waals surface area contributed by atoms with Gasteiger partial charge in [0.1, 0.15) is 0 Å². The summed E-state index contributed by atoms with van der Waals surface area (Å²) in [6.45, 7) is 6.84. The minimum atomic E-state index is -0.747. The Bertz CT molecular complexity index is 352. The summed E-state index contributed by atoms with van der Waals surface area (Å²) in [5.74, 6) is 0.584. The summed E-state index contributed by atoms with van der Waals surface area (Å²) in [5, 5.41) is 13.2. The Labute approximate surface area is 85.0 Å². The molecule has 14 heavy (non-hydrogen) atoms. The van der Waals surface area contributed by atoms with Gasteiger partial charge in [-0.25, -0.2) is 0 Å². The summed E-state index contributed by atoms with van der Waals surface area (Å²) in [4.78, 5) is 0. The van der Waals surface area contributed by atoms with Gasteiger partial charge in [-0.05, 0) is 31.0 Å². The fourth-order valence-corrected chi connectivity index (χ4v) is 1.89. The van der Waals surface area contributed by atoms with Gasteiger partial charge < -0.3 is 10.4 Å². The molecule has 1 heterocycles. The van der Waals surface area contributed by atoms with Gasteiger partial charge in [0.05, 0.1) is 5.60 Å². The number of fused-ring (bicyclic) bond motifs is 1. The molecule has 1 unspecified atom stereocenters. The van der Waals surface area contributed by atoms with Crippen LogP contribution in [-0.2, 0) is 5.60 Å². The molecule has 1 aliphatic heterocycles. The fraction of sp³-hybridized carbons (Fsp3) is 0.500. The molecule has 0 radical (unpaired) electrons. The zero-order chi connectivity index (χ0) is 10.3. The van der Waals surface area contributed by atoms with Gasteiger partial charge in [0.25, 0.3) is 0 Å². The quantitative estimate of drug-likeness (QED) is 0.714. The predicted octanol–water partition coefficient (Wildman–Crippen LogP) is 2.44. The molecule has 0 saturated heterocycles. The Hall–Kier alpha value is -1.02. The summed E-state index contributed by atoms with van der Waals surface area (Å²) in [6, 6.07) is 6.19. The average molecular weight is 191 g/mol. The van der Waals surface area contributed by atoms with Crippen molar-refractivity contribution in [2.24, 2.45) is 0 Å². The highest BCUT2D eigenvalue weighted by Crippen LogP contribution is 2.34. The van der Waals surface area contributed by atoms with Crippen LogP contribution in [0.3, 0.4) is 0 Å². The molecule has 2 heteroatoms.